The minimum absolute atomic E-state index is 0.127. The molecule has 0 spiro atoms. The molecule has 0 aliphatic heterocycles. The summed E-state index contributed by atoms with van der Waals surface area (Å²) in [6.45, 7) is -0.352. The Labute approximate surface area is 177 Å². The van der Waals surface area contributed by atoms with Crippen LogP contribution in [-0.2, 0) is 14.8 Å². The monoisotopic (exact) mass is 443 g/mol. The zero-order chi connectivity index (χ0) is 22.4. The van der Waals surface area contributed by atoms with Gasteiger partial charge >= 0.3 is 0 Å². The molecule has 0 heterocycles. The van der Waals surface area contributed by atoms with Gasteiger partial charge in [-0.3, -0.25) is 14.3 Å². The Morgan fingerprint density at radius 3 is 2.13 bits per heavy atom. The van der Waals surface area contributed by atoms with E-state index < -0.39 is 27.7 Å². The fourth-order valence-electron chi connectivity index (χ4n) is 2.55. The number of sulfonamides is 1. The van der Waals surface area contributed by atoms with E-state index in [4.69, 9.17) is 10.5 Å². The summed E-state index contributed by atoms with van der Waals surface area (Å²) < 4.78 is 45.9. The van der Waals surface area contributed by atoms with Crippen LogP contribution in [0.2, 0.25) is 0 Å². The number of benzene rings is 3. The smallest absolute Gasteiger partial charge is 0.262 e. The number of rotatable bonds is 8. The van der Waals surface area contributed by atoms with Crippen molar-refractivity contribution >= 4 is 33.2 Å². The topological polar surface area (TPSA) is 128 Å². The summed E-state index contributed by atoms with van der Waals surface area (Å²) in [5, 5.41) is 2.57. The van der Waals surface area contributed by atoms with E-state index in [1.807, 2.05) is 0 Å². The second-order valence-corrected chi connectivity index (χ2v) is 8.01. The van der Waals surface area contributed by atoms with Crippen LogP contribution in [0.5, 0.6) is 5.75 Å². The molecule has 0 atom stereocenters. The van der Waals surface area contributed by atoms with Crippen molar-refractivity contribution in [1.29, 1.82) is 0 Å². The molecule has 3 aromatic carbocycles. The molecule has 160 valence electrons. The van der Waals surface area contributed by atoms with Gasteiger partial charge in [-0.05, 0) is 60.7 Å². The molecule has 2 amide bonds. The molecule has 0 bridgehead atoms. The van der Waals surface area contributed by atoms with Crippen molar-refractivity contribution in [3.63, 3.8) is 0 Å². The van der Waals surface area contributed by atoms with Crippen molar-refractivity contribution in [3.8, 4) is 5.75 Å². The lowest BCUT2D eigenvalue weighted by Crippen LogP contribution is -2.22. The number of carbonyl (C=O) groups excluding carboxylic acids is 2. The lowest BCUT2D eigenvalue weighted by Gasteiger charge is -2.14. The first-order valence-corrected chi connectivity index (χ1v) is 10.4. The summed E-state index contributed by atoms with van der Waals surface area (Å²) in [6, 6.07) is 16.5. The van der Waals surface area contributed by atoms with Crippen LogP contribution in [0.1, 0.15) is 10.4 Å². The quantitative estimate of drug-likeness (QED) is 0.493. The largest absolute Gasteiger partial charge is 0.484 e. The van der Waals surface area contributed by atoms with Gasteiger partial charge < -0.3 is 15.8 Å². The highest BCUT2D eigenvalue weighted by molar-refractivity contribution is 7.92. The number of primary amides is 1. The highest BCUT2D eigenvalue weighted by Gasteiger charge is 2.17. The maximum Gasteiger partial charge on any atom is 0.262 e. The first kappa shape index (κ1) is 21.8. The molecule has 0 saturated heterocycles. The van der Waals surface area contributed by atoms with Crippen LogP contribution < -0.4 is 20.5 Å². The minimum atomic E-state index is -3.99. The van der Waals surface area contributed by atoms with Crippen molar-refractivity contribution in [1.82, 2.24) is 0 Å². The molecular formula is C21H18FN3O5S. The first-order valence-electron chi connectivity index (χ1n) is 8.94. The number of para-hydroxylation sites is 2. The second-order valence-electron chi connectivity index (χ2n) is 6.33. The number of ether oxygens (including phenoxy) is 1. The number of amides is 2. The predicted octanol–water partition coefficient (Wildman–Crippen LogP) is 2.74. The van der Waals surface area contributed by atoms with E-state index in [1.54, 1.807) is 12.1 Å². The van der Waals surface area contributed by atoms with E-state index in [-0.39, 0.29) is 22.9 Å². The molecule has 8 nitrogen and oxygen atoms in total. The standard InChI is InChI=1S/C21H18FN3O5S/c22-15-7-11-17(12-8-15)31(28,29)25-19-4-2-1-3-18(19)24-20(26)13-30-16-9-5-14(6-10-16)21(23)27/h1-12,25H,13H2,(H2,23,27)(H,24,26). The van der Waals surface area contributed by atoms with Gasteiger partial charge in [-0.2, -0.15) is 0 Å². The van der Waals surface area contributed by atoms with Gasteiger partial charge in [-0.1, -0.05) is 12.1 Å². The molecular weight excluding hydrogens is 425 g/mol. The molecule has 3 aromatic rings. The van der Waals surface area contributed by atoms with Gasteiger partial charge in [0.15, 0.2) is 6.61 Å². The Bertz CT molecular complexity index is 1200. The molecule has 31 heavy (non-hydrogen) atoms. The van der Waals surface area contributed by atoms with Gasteiger partial charge in [0.2, 0.25) is 5.91 Å². The van der Waals surface area contributed by atoms with Crippen molar-refractivity contribution < 1.29 is 27.1 Å². The third-order valence-electron chi connectivity index (χ3n) is 4.08. The molecule has 0 aliphatic carbocycles. The molecule has 4 N–H and O–H groups in total. The lowest BCUT2D eigenvalue weighted by molar-refractivity contribution is -0.118. The highest BCUT2D eigenvalue weighted by atomic mass is 32.2. The summed E-state index contributed by atoms with van der Waals surface area (Å²) in [5.41, 5.74) is 5.81. The van der Waals surface area contributed by atoms with E-state index in [1.165, 1.54) is 36.4 Å². The van der Waals surface area contributed by atoms with Crippen molar-refractivity contribution in [2.75, 3.05) is 16.6 Å². The summed E-state index contributed by atoms with van der Waals surface area (Å²) >= 11 is 0. The number of carbonyl (C=O) groups is 2. The van der Waals surface area contributed by atoms with Crippen molar-refractivity contribution in [2.45, 2.75) is 4.90 Å². The third kappa shape index (κ3) is 5.80. The van der Waals surface area contributed by atoms with Gasteiger partial charge in [0.1, 0.15) is 11.6 Å². The number of anilines is 2. The van der Waals surface area contributed by atoms with Crippen LogP contribution in [0, 0.1) is 5.82 Å². The average Bonchev–Trinajstić information content (AvgIpc) is 2.74. The van der Waals surface area contributed by atoms with Crippen LogP contribution in [0.4, 0.5) is 15.8 Å². The Morgan fingerprint density at radius 2 is 1.52 bits per heavy atom. The van der Waals surface area contributed by atoms with Crippen LogP contribution in [0.3, 0.4) is 0 Å². The third-order valence-corrected chi connectivity index (χ3v) is 5.46. The zero-order valence-corrected chi connectivity index (χ0v) is 16.9. The van der Waals surface area contributed by atoms with E-state index >= 15 is 0 Å². The Morgan fingerprint density at radius 1 is 0.903 bits per heavy atom. The van der Waals surface area contributed by atoms with Crippen LogP contribution in [0.25, 0.3) is 0 Å². The maximum absolute atomic E-state index is 13.1. The van der Waals surface area contributed by atoms with Crippen molar-refractivity contribution in [3.05, 3.63) is 84.2 Å². The van der Waals surface area contributed by atoms with Crippen molar-refractivity contribution in [2.24, 2.45) is 5.73 Å². The summed E-state index contributed by atoms with van der Waals surface area (Å²) in [6.07, 6.45) is 0. The molecule has 0 radical (unpaired) electrons. The minimum Gasteiger partial charge on any atom is -0.484 e. The summed E-state index contributed by atoms with van der Waals surface area (Å²) in [7, 11) is -3.99. The van der Waals surface area contributed by atoms with Gasteiger partial charge in [-0.25, -0.2) is 12.8 Å². The van der Waals surface area contributed by atoms with Gasteiger partial charge in [0.05, 0.1) is 16.3 Å². The average molecular weight is 443 g/mol. The predicted molar refractivity (Wildman–Crippen MR) is 113 cm³/mol. The Balaban J connectivity index is 1.66. The zero-order valence-electron chi connectivity index (χ0n) is 16.0. The second kappa shape index (κ2) is 9.26. The Kier molecular flexibility index (Phi) is 6.51. The van der Waals surface area contributed by atoms with Crippen LogP contribution in [-0.4, -0.2) is 26.8 Å². The lowest BCUT2D eigenvalue weighted by atomic mass is 10.2. The van der Waals surface area contributed by atoms with E-state index in [0.29, 0.717) is 11.3 Å². The highest BCUT2D eigenvalue weighted by Crippen LogP contribution is 2.24. The Hall–Kier alpha value is -3.92. The molecule has 10 heteroatoms. The van der Waals surface area contributed by atoms with Gasteiger partial charge in [-0.15, -0.1) is 0 Å². The van der Waals surface area contributed by atoms with E-state index in [0.717, 1.165) is 24.3 Å². The van der Waals surface area contributed by atoms with Gasteiger partial charge in [0, 0.05) is 5.56 Å². The fraction of sp³-hybridized carbons (Fsp3) is 0.0476. The molecule has 0 saturated carbocycles. The number of halogens is 1. The van der Waals surface area contributed by atoms with Gasteiger partial charge in [0.25, 0.3) is 15.9 Å². The number of hydrogen-bond acceptors (Lipinski definition) is 5. The maximum atomic E-state index is 13.1. The number of nitrogens with one attached hydrogen (secondary N) is 2. The molecule has 0 aliphatic rings. The van der Waals surface area contributed by atoms with Crippen LogP contribution in [0.15, 0.2) is 77.7 Å². The molecule has 0 unspecified atom stereocenters. The SMILES string of the molecule is NC(=O)c1ccc(OCC(=O)Nc2ccccc2NS(=O)(=O)c2ccc(F)cc2)cc1. The van der Waals surface area contributed by atoms with Crippen LogP contribution >= 0.6 is 0 Å². The molecule has 3 rings (SSSR count). The summed E-state index contributed by atoms with van der Waals surface area (Å²) in [5.74, 6) is -1.32. The summed E-state index contributed by atoms with van der Waals surface area (Å²) in [4.78, 5) is 23.2. The number of hydrogen-bond donors (Lipinski definition) is 3. The fourth-order valence-corrected chi connectivity index (χ4v) is 3.63. The van der Waals surface area contributed by atoms with E-state index in [9.17, 15) is 22.4 Å². The van der Waals surface area contributed by atoms with E-state index in [2.05, 4.69) is 10.0 Å². The molecule has 0 fully saturated rings. The molecule has 0 aromatic heterocycles. The normalized spacial score (nSPS) is 10.9. The first-order chi connectivity index (χ1) is 14.7. The number of nitrogens with two attached hydrogens (primary N) is 1.